The zero-order chi connectivity index (χ0) is 16.4. The summed E-state index contributed by atoms with van der Waals surface area (Å²) in [5, 5.41) is 6.67. The van der Waals surface area contributed by atoms with Crippen molar-refractivity contribution in [1.82, 2.24) is 15.5 Å². The van der Waals surface area contributed by atoms with Crippen LogP contribution >= 0.6 is 0 Å². The number of hydrogen-bond donors (Lipinski definition) is 2. The summed E-state index contributed by atoms with van der Waals surface area (Å²) in [6, 6.07) is 4.39. The van der Waals surface area contributed by atoms with Gasteiger partial charge in [0.1, 0.15) is 5.76 Å². The van der Waals surface area contributed by atoms with Crippen LogP contribution in [0.1, 0.15) is 33.0 Å². The molecule has 0 aliphatic carbocycles. The quantitative estimate of drug-likeness (QED) is 0.543. The van der Waals surface area contributed by atoms with E-state index in [1.807, 2.05) is 12.1 Å². The molecule has 0 radical (unpaired) electrons. The Morgan fingerprint density at radius 2 is 2.09 bits per heavy atom. The maximum Gasteiger partial charge on any atom is 0.191 e. The number of likely N-dealkylation sites (N-methyl/N-ethyl adjacent to an activating group) is 1. The maximum absolute atomic E-state index is 5.34. The Morgan fingerprint density at radius 3 is 2.64 bits per heavy atom. The Bertz CT molecular complexity index is 412. The van der Waals surface area contributed by atoms with E-state index in [4.69, 9.17) is 9.41 Å². The monoisotopic (exact) mass is 308 g/mol. The van der Waals surface area contributed by atoms with Crippen molar-refractivity contribution in [2.24, 2.45) is 10.9 Å². The third-order valence-corrected chi connectivity index (χ3v) is 3.52. The van der Waals surface area contributed by atoms with E-state index >= 15 is 0 Å². The summed E-state index contributed by atoms with van der Waals surface area (Å²) in [6.07, 6.45) is 3.73. The van der Waals surface area contributed by atoms with Crippen molar-refractivity contribution in [2.75, 3.05) is 33.7 Å². The van der Waals surface area contributed by atoms with E-state index in [9.17, 15) is 0 Å². The molecule has 0 aliphatic rings. The van der Waals surface area contributed by atoms with Crippen LogP contribution in [0.15, 0.2) is 27.8 Å². The number of furan rings is 1. The highest BCUT2D eigenvalue weighted by Gasteiger charge is 2.13. The summed E-state index contributed by atoms with van der Waals surface area (Å²) >= 11 is 0. The van der Waals surface area contributed by atoms with Crippen molar-refractivity contribution in [3.8, 4) is 0 Å². The summed E-state index contributed by atoms with van der Waals surface area (Å²) < 4.78 is 5.34. The maximum atomic E-state index is 5.34. The highest BCUT2D eigenvalue weighted by Crippen LogP contribution is 2.09. The number of nitrogens with zero attached hydrogens (tertiary/aromatic N) is 2. The van der Waals surface area contributed by atoms with Gasteiger partial charge in [-0.2, -0.15) is 0 Å². The van der Waals surface area contributed by atoms with Gasteiger partial charge in [-0.05, 0) is 45.5 Å². The van der Waals surface area contributed by atoms with Crippen LogP contribution in [0.25, 0.3) is 0 Å². The molecule has 1 aromatic heterocycles. The molecule has 1 unspecified atom stereocenters. The third kappa shape index (κ3) is 7.50. The van der Waals surface area contributed by atoms with Crippen molar-refractivity contribution >= 4 is 5.96 Å². The number of hydrogen-bond acceptors (Lipinski definition) is 3. The minimum atomic E-state index is 0.473. The van der Waals surface area contributed by atoms with Crippen LogP contribution in [0.2, 0.25) is 0 Å². The summed E-state index contributed by atoms with van der Waals surface area (Å²) in [5.41, 5.74) is 0. The number of nitrogens with one attached hydrogen (secondary N) is 2. The summed E-state index contributed by atoms with van der Waals surface area (Å²) in [5.74, 6) is 2.55. The summed E-state index contributed by atoms with van der Waals surface area (Å²) in [4.78, 5) is 6.99. The second-order valence-electron chi connectivity index (χ2n) is 6.22. The van der Waals surface area contributed by atoms with E-state index in [-0.39, 0.29) is 0 Å². The summed E-state index contributed by atoms with van der Waals surface area (Å²) in [7, 11) is 4.25. The molecule has 0 aromatic carbocycles. The first-order chi connectivity index (χ1) is 10.5. The van der Waals surface area contributed by atoms with Crippen molar-refractivity contribution in [2.45, 2.75) is 39.7 Å². The molecule has 0 saturated heterocycles. The van der Waals surface area contributed by atoms with E-state index in [0.717, 1.165) is 44.2 Å². The molecule has 0 bridgehead atoms. The average molecular weight is 308 g/mol. The van der Waals surface area contributed by atoms with Gasteiger partial charge in [-0.15, -0.1) is 0 Å². The van der Waals surface area contributed by atoms with Crippen LogP contribution in [0.3, 0.4) is 0 Å². The molecule has 2 N–H and O–H groups in total. The molecule has 0 amide bonds. The zero-order valence-corrected chi connectivity index (χ0v) is 14.7. The molecule has 0 fully saturated rings. The van der Waals surface area contributed by atoms with E-state index in [1.165, 1.54) is 0 Å². The minimum Gasteiger partial charge on any atom is -0.469 e. The molecule has 1 atom stereocenters. The van der Waals surface area contributed by atoms with Gasteiger partial charge in [-0.3, -0.25) is 4.99 Å². The van der Waals surface area contributed by atoms with Crippen molar-refractivity contribution in [3.05, 3.63) is 24.2 Å². The lowest BCUT2D eigenvalue weighted by molar-refractivity contribution is 0.261. The highest BCUT2D eigenvalue weighted by atomic mass is 16.3. The highest BCUT2D eigenvalue weighted by molar-refractivity contribution is 5.79. The first-order valence-electron chi connectivity index (χ1n) is 8.23. The number of guanidine groups is 1. The lowest BCUT2D eigenvalue weighted by Crippen LogP contribution is -2.40. The van der Waals surface area contributed by atoms with Crippen molar-refractivity contribution in [1.29, 1.82) is 0 Å². The molecule has 5 nitrogen and oxygen atoms in total. The van der Waals surface area contributed by atoms with Gasteiger partial charge < -0.3 is 20.0 Å². The van der Waals surface area contributed by atoms with Crippen LogP contribution in [0.4, 0.5) is 0 Å². The zero-order valence-electron chi connectivity index (χ0n) is 14.7. The predicted molar refractivity (Wildman–Crippen MR) is 93.3 cm³/mol. The average Bonchev–Trinajstić information content (AvgIpc) is 2.95. The van der Waals surface area contributed by atoms with Gasteiger partial charge in [-0.25, -0.2) is 0 Å². The van der Waals surface area contributed by atoms with Gasteiger partial charge >= 0.3 is 0 Å². The fourth-order valence-electron chi connectivity index (χ4n) is 2.29. The molecule has 0 spiro atoms. The number of aliphatic imine (C=N–C) groups is 1. The van der Waals surface area contributed by atoms with E-state index < -0.39 is 0 Å². The third-order valence-electron chi connectivity index (χ3n) is 3.52. The fraction of sp³-hybridized carbons (Fsp3) is 0.706. The van der Waals surface area contributed by atoms with Gasteiger partial charge in [0.2, 0.25) is 0 Å². The van der Waals surface area contributed by atoms with Gasteiger partial charge in [0, 0.05) is 25.6 Å². The standard InChI is InChI=1S/C17H32N4O/c1-6-18-17(19-10-9-16-8-7-11-22-16)20-13-15(21(4)5)12-14(2)3/h7-8,11,14-15H,6,9-10,12-13H2,1-5H3,(H2,18,19,20). The van der Waals surface area contributed by atoms with Crippen molar-refractivity contribution < 1.29 is 4.42 Å². The molecule has 1 heterocycles. The lowest BCUT2D eigenvalue weighted by Gasteiger charge is -2.24. The number of rotatable bonds is 9. The predicted octanol–water partition coefficient (Wildman–Crippen LogP) is 2.35. The van der Waals surface area contributed by atoms with Gasteiger partial charge in [-0.1, -0.05) is 13.8 Å². The van der Waals surface area contributed by atoms with Crippen molar-refractivity contribution in [3.63, 3.8) is 0 Å². The van der Waals surface area contributed by atoms with Gasteiger partial charge in [0.25, 0.3) is 0 Å². The largest absolute Gasteiger partial charge is 0.469 e. The second-order valence-corrected chi connectivity index (χ2v) is 6.22. The molecule has 1 rings (SSSR count). The van der Waals surface area contributed by atoms with Gasteiger partial charge in [0.05, 0.1) is 12.8 Å². The molecule has 5 heteroatoms. The first-order valence-corrected chi connectivity index (χ1v) is 8.23. The SMILES string of the molecule is CCNC(=NCC(CC(C)C)N(C)C)NCCc1ccco1. The Balaban J connectivity index is 2.48. The van der Waals surface area contributed by atoms with E-state index in [2.05, 4.69) is 50.4 Å². The minimum absolute atomic E-state index is 0.473. The molecule has 1 aromatic rings. The Morgan fingerprint density at radius 1 is 1.32 bits per heavy atom. The van der Waals surface area contributed by atoms with E-state index in [0.29, 0.717) is 12.0 Å². The molecular weight excluding hydrogens is 276 g/mol. The Kier molecular flexibility index (Phi) is 8.67. The molecule has 126 valence electrons. The summed E-state index contributed by atoms with van der Waals surface area (Å²) in [6.45, 7) is 9.09. The molecule has 0 saturated carbocycles. The molecule has 22 heavy (non-hydrogen) atoms. The van der Waals surface area contributed by atoms with Crippen LogP contribution in [-0.4, -0.2) is 50.6 Å². The van der Waals surface area contributed by atoms with Gasteiger partial charge in [0.15, 0.2) is 5.96 Å². The lowest BCUT2D eigenvalue weighted by atomic mass is 10.0. The van der Waals surface area contributed by atoms with Crippen LogP contribution < -0.4 is 10.6 Å². The smallest absolute Gasteiger partial charge is 0.191 e. The van der Waals surface area contributed by atoms with Crippen LogP contribution in [0, 0.1) is 5.92 Å². The fourth-order valence-corrected chi connectivity index (χ4v) is 2.29. The Hall–Kier alpha value is -1.49. The molecule has 0 aliphatic heterocycles. The first kappa shape index (κ1) is 18.6. The molecular formula is C17H32N4O. The topological polar surface area (TPSA) is 52.8 Å². The van der Waals surface area contributed by atoms with E-state index in [1.54, 1.807) is 6.26 Å². The normalized spacial score (nSPS) is 13.7. The van der Waals surface area contributed by atoms with Crippen LogP contribution in [-0.2, 0) is 6.42 Å². The Labute approximate surface area is 135 Å². The van der Waals surface area contributed by atoms with Crippen LogP contribution in [0.5, 0.6) is 0 Å². The second kappa shape index (κ2) is 10.3.